The lowest BCUT2D eigenvalue weighted by Crippen LogP contribution is -3.15. The molecular formula is C17H24F3N2O4S+. The molecule has 0 aromatic heterocycles. The molecule has 1 heterocycles. The first-order valence-corrected chi connectivity index (χ1v) is 9.96. The van der Waals surface area contributed by atoms with Gasteiger partial charge in [-0.3, -0.25) is 0 Å². The van der Waals surface area contributed by atoms with Crippen LogP contribution in [0.15, 0.2) is 29.2 Å². The van der Waals surface area contributed by atoms with Gasteiger partial charge in [-0.2, -0.15) is 17.5 Å². The van der Waals surface area contributed by atoms with Crippen LogP contribution in [0.2, 0.25) is 0 Å². The molecule has 10 heteroatoms. The van der Waals surface area contributed by atoms with Gasteiger partial charge in [-0.15, -0.1) is 0 Å². The molecule has 1 saturated heterocycles. The Hall–Kier alpha value is -1.65. The van der Waals surface area contributed by atoms with Crippen molar-refractivity contribution in [2.24, 2.45) is 0 Å². The van der Waals surface area contributed by atoms with Crippen LogP contribution in [0.25, 0.3) is 0 Å². The Balaban J connectivity index is 1.97. The van der Waals surface area contributed by atoms with Gasteiger partial charge in [0.15, 0.2) is 6.54 Å². The van der Waals surface area contributed by atoms with Gasteiger partial charge in [0.2, 0.25) is 10.0 Å². The Kier molecular flexibility index (Phi) is 6.23. The van der Waals surface area contributed by atoms with Crippen molar-refractivity contribution >= 4 is 16.0 Å². The second-order valence-corrected chi connectivity index (χ2v) is 9.38. The minimum absolute atomic E-state index is 0.144. The van der Waals surface area contributed by atoms with Gasteiger partial charge in [-0.1, -0.05) is 0 Å². The molecule has 6 nitrogen and oxygen atoms in total. The van der Waals surface area contributed by atoms with E-state index in [2.05, 4.69) is 0 Å². The summed E-state index contributed by atoms with van der Waals surface area (Å²) < 4.78 is 69.6. The number of alkyl halides is 3. The summed E-state index contributed by atoms with van der Waals surface area (Å²) in [6.45, 7) is 6.66. The van der Waals surface area contributed by atoms with E-state index in [1.807, 2.05) is 0 Å². The number of sulfonamides is 1. The van der Waals surface area contributed by atoms with Gasteiger partial charge >= 0.3 is 12.1 Å². The van der Waals surface area contributed by atoms with Gasteiger partial charge in [0, 0.05) is 0 Å². The van der Waals surface area contributed by atoms with Gasteiger partial charge in [0.05, 0.1) is 36.6 Å². The molecule has 0 saturated carbocycles. The Bertz CT molecular complexity index is 763. The molecule has 1 aromatic rings. The zero-order valence-corrected chi connectivity index (χ0v) is 16.3. The van der Waals surface area contributed by atoms with Crippen LogP contribution in [0.1, 0.15) is 26.3 Å². The first kappa shape index (κ1) is 21.6. The molecule has 0 spiro atoms. The summed E-state index contributed by atoms with van der Waals surface area (Å²) in [4.78, 5) is 12.6. The highest BCUT2D eigenvalue weighted by Gasteiger charge is 2.34. The van der Waals surface area contributed by atoms with Crippen LogP contribution in [0.5, 0.6) is 0 Å². The number of benzene rings is 1. The molecule has 1 aliphatic rings. The van der Waals surface area contributed by atoms with Crippen LogP contribution in [-0.2, 0) is 25.7 Å². The maximum atomic E-state index is 12.6. The first-order chi connectivity index (χ1) is 12.3. The number of carbonyl (C=O) groups excluding carboxylic acids is 1. The molecule has 0 radical (unpaired) electrons. The predicted octanol–water partition coefficient (Wildman–Crippen LogP) is 0.936. The number of carbonyl (C=O) groups is 1. The molecule has 1 fully saturated rings. The Morgan fingerprint density at radius 2 is 1.63 bits per heavy atom. The summed E-state index contributed by atoms with van der Waals surface area (Å²) in [6, 6.07) is 3.46. The van der Waals surface area contributed by atoms with Crippen LogP contribution in [0.4, 0.5) is 13.2 Å². The topological polar surface area (TPSA) is 68.1 Å². The number of halogens is 3. The van der Waals surface area contributed by atoms with Gasteiger partial charge in [0.25, 0.3) is 0 Å². The molecule has 0 atom stereocenters. The zero-order chi connectivity index (χ0) is 20.5. The van der Waals surface area contributed by atoms with Crippen molar-refractivity contribution in [2.75, 3.05) is 32.7 Å². The van der Waals surface area contributed by atoms with E-state index in [0.29, 0.717) is 13.1 Å². The van der Waals surface area contributed by atoms with E-state index < -0.39 is 27.4 Å². The molecule has 2 rings (SSSR count). The van der Waals surface area contributed by atoms with E-state index in [1.54, 1.807) is 20.8 Å². The van der Waals surface area contributed by atoms with Gasteiger partial charge < -0.3 is 9.64 Å². The maximum absolute atomic E-state index is 12.6. The van der Waals surface area contributed by atoms with E-state index >= 15 is 0 Å². The summed E-state index contributed by atoms with van der Waals surface area (Å²) in [5.74, 6) is -0.350. The highest BCUT2D eigenvalue weighted by molar-refractivity contribution is 7.89. The number of ether oxygens (including phenoxy) is 1. The third-order valence-electron chi connectivity index (χ3n) is 4.06. The minimum atomic E-state index is -4.51. The quantitative estimate of drug-likeness (QED) is 0.752. The molecule has 152 valence electrons. The lowest BCUT2D eigenvalue weighted by atomic mass is 10.2. The van der Waals surface area contributed by atoms with Crippen molar-refractivity contribution in [1.82, 2.24) is 4.31 Å². The van der Waals surface area contributed by atoms with Crippen molar-refractivity contribution < 1.29 is 36.0 Å². The van der Waals surface area contributed by atoms with Crippen LogP contribution >= 0.6 is 0 Å². The predicted molar refractivity (Wildman–Crippen MR) is 91.6 cm³/mol. The summed E-state index contributed by atoms with van der Waals surface area (Å²) in [5.41, 5.74) is -1.47. The SMILES string of the molecule is CC(C)(C)OC(=O)C[NH+]1CCN(S(=O)(=O)c2ccc(C(F)(F)F)cc2)CC1. The molecule has 0 aliphatic carbocycles. The summed E-state index contributed by atoms with van der Waals surface area (Å²) in [5, 5.41) is 0. The molecular weight excluding hydrogens is 385 g/mol. The minimum Gasteiger partial charge on any atom is -0.456 e. The Labute approximate surface area is 156 Å². The third kappa shape index (κ3) is 5.91. The smallest absolute Gasteiger partial charge is 0.416 e. The van der Waals surface area contributed by atoms with E-state index in [4.69, 9.17) is 4.74 Å². The fourth-order valence-corrected chi connectivity index (χ4v) is 4.21. The maximum Gasteiger partial charge on any atom is 0.416 e. The molecule has 27 heavy (non-hydrogen) atoms. The Morgan fingerprint density at radius 3 is 2.07 bits per heavy atom. The molecule has 0 bridgehead atoms. The number of piperazine rings is 1. The van der Waals surface area contributed by atoms with Crippen molar-refractivity contribution in [3.63, 3.8) is 0 Å². The van der Waals surface area contributed by atoms with Crippen molar-refractivity contribution in [3.8, 4) is 0 Å². The highest BCUT2D eigenvalue weighted by atomic mass is 32.2. The largest absolute Gasteiger partial charge is 0.456 e. The number of rotatable bonds is 4. The number of hydrogen-bond donors (Lipinski definition) is 1. The summed E-state index contributed by atoms with van der Waals surface area (Å²) in [6.07, 6.45) is -4.51. The van der Waals surface area contributed by atoms with Crippen molar-refractivity contribution in [3.05, 3.63) is 29.8 Å². The standard InChI is InChI=1S/C17H23F3N2O4S/c1-16(2,3)26-15(23)12-21-8-10-22(11-9-21)27(24,25)14-6-4-13(5-7-14)17(18,19)20/h4-7H,8-12H2,1-3H3/p+1. The van der Waals surface area contributed by atoms with Gasteiger partial charge in [0.1, 0.15) is 5.60 Å². The summed E-state index contributed by atoms with van der Waals surface area (Å²) in [7, 11) is -3.87. The highest BCUT2D eigenvalue weighted by Crippen LogP contribution is 2.30. The molecule has 0 amide bonds. The average molecular weight is 409 g/mol. The van der Waals surface area contributed by atoms with E-state index in [0.717, 1.165) is 29.2 Å². The zero-order valence-electron chi connectivity index (χ0n) is 15.5. The van der Waals surface area contributed by atoms with Gasteiger partial charge in [-0.25, -0.2) is 13.2 Å². The van der Waals surface area contributed by atoms with Crippen molar-refractivity contribution in [2.45, 2.75) is 37.4 Å². The number of hydrogen-bond acceptors (Lipinski definition) is 4. The van der Waals surface area contributed by atoms with Crippen molar-refractivity contribution in [1.29, 1.82) is 0 Å². The number of esters is 1. The fourth-order valence-electron chi connectivity index (χ4n) is 2.77. The lowest BCUT2D eigenvalue weighted by Gasteiger charge is -2.31. The van der Waals surface area contributed by atoms with Crippen LogP contribution in [-0.4, -0.2) is 57.0 Å². The molecule has 1 aromatic carbocycles. The summed E-state index contributed by atoms with van der Waals surface area (Å²) >= 11 is 0. The van der Waals surface area contributed by atoms with Gasteiger partial charge in [-0.05, 0) is 45.0 Å². The molecule has 0 unspecified atom stereocenters. The Morgan fingerprint density at radius 1 is 1.11 bits per heavy atom. The van der Waals surface area contributed by atoms with Crippen LogP contribution < -0.4 is 4.90 Å². The monoisotopic (exact) mass is 409 g/mol. The fraction of sp³-hybridized carbons (Fsp3) is 0.588. The lowest BCUT2D eigenvalue weighted by molar-refractivity contribution is -0.896. The van der Waals surface area contributed by atoms with Crippen LogP contribution in [0, 0.1) is 0 Å². The second-order valence-electron chi connectivity index (χ2n) is 7.44. The van der Waals surface area contributed by atoms with E-state index in [-0.39, 0.29) is 30.5 Å². The first-order valence-electron chi connectivity index (χ1n) is 8.52. The second kappa shape index (κ2) is 7.76. The third-order valence-corrected chi connectivity index (χ3v) is 5.98. The number of nitrogens with one attached hydrogen (secondary N) is 1. The normalized spacial score (nSPS) is 17.7. The number of quaternary nitrogens is 1. The molecule has 1 aliphatic heterocycles. The van der Waals surface area contributed by atoms with E-state index in [1.165, 1.54) is 4.31 Å². The van der Waals surface area contributed by atoms with Crippen LogP contribution in [0.3, 0.4) is 0 Å². The molecule has 1 N–H and O–H groups in total. The number of nitrogens with zero attached hydrogens (tertiary/aromatic N) is 1. The van der Waals surface area contributed by atoms with E-state index in [9.17, 15) is 26.4 Å². The average Bonchev–Trinajstić information content (AvgIpc) is 2.53.